The van der Waals surface area contributed by atoms with Gasteiger partial charge in [-0.25, -0.2) is 4.52 Å². The maximum absolute atomic E-state index is 5.90. The molecule has 2 nitrogen and oxygen atoms in total. The first-order chi connectivity index (χ1) is 9.75. The third kappa shape index (κ3) is 2.37. The Hall–Kier alpha value is -2.35. The normalized spacial score (nSPS) is 10.9. The summed E-state index contributed by atoms with van der Waals surface area (Å²) in [7, 11) is 0. The summed E-state index contributed by atoms with van der Waals surface area (Å²) in [5.74, 6) is 0.930. The molecule has 3 rings (SSSR count). The van der Waals surface area contributed by atoms with E-state index in [0.717, 1.165) is 11.5 Å². The zero-order chi connectivity index (χ0) is 13.9. The molecule has 100 valence electrons. The number of hydrogen-bond acceptors (Lipinski definition) is 1. The van der Waals surface area contributed by atoms with Crippen LogP contribution >= 0.6 is 0 Å². The van der Waals surface area contributed by atoms with Crippen molar-refractivity contribution in [2.45, 2.75) is 19.9 Å². The topological polar surface area (TPSA) is 17.0 Å². The highest BCUT2D eigenvalue weighted by Crippen LogP contribution is 2.22. The maximum atomic E-state index is 5.90. The molecule has 0 bridgehead atoms. The zero-order valence-corrected chi connectivity index (χ0v) is 11.8. The minimum Gasteiger partial charge on any atom is -0.240 e. The minimum atomic E-state index is 0.0751. The van der Waals surface area contributed by atoms with Crippen molar-refractivity contribution < 1.29 is 9.26 Å². The number of benzene rings is 2. The summed E-state index contributed by atoms with van der Waals surface area (Å²) in [6.07, 6.45) is 0. The third-order valence-corrected chi connectivity index (χ3v) is 3.47. The van der Waals surface area contributed by atoms with E-state index < -0.39 is 0 Å². The molecule has 2 aromatic carbocycles. The molecule has 0 unspecified atom stereocenters. The first-order valence-corrected chi connectivity index (χ1v) is 6.84. The lowest BCUT2D eigenvalue weighted by Gasteiger charge is -2.10. The fourth-order valence-electron chi connectivity index (χ4n) is 2.60. The van der Waals surface area contributed by atoms with Crippen LogP contribution < -0.4 is 4.74 Å². The highest BCUT2D eigenvalue weighted by atomic mass is 16.5. The largest absolute Gasteiger partial charge is 0.253 e. The van der Waals surface area contributed by atoms with Gasteiger partial charge in [-0.1, -0.05) is 60.7 Å². The van der Waals surface area contributed by atoms with Crippen molar-refractivity contribution in [3.05, 3.63) is 89.3 Å². The molecule has 0 saturated carbocycles. The molecule has 0 radical (unpaired) electrons. The Balaban J connectivity index is 2.16. The first kappa shape index (κ1) is 12.7. The SMILES string of the molecule is Cc1cc(C)[n+](C(c2ccccc2)c2ccccc2)o1. The molecule has 1 aromatic heterocycles. The van der Waals surface area contributed by atoms with E-state index in [9.17, 15) is 0 Å². The van der Waals surface area contributed by atoms with Crippen molar-refractivity contribution in [1.29, 1.82) is 0 Å². The Morgan fingerprint density at radius 2 is 1.30 bits per heavy atom. The van der Waals surface area contributed by atoms with Gasteiger partial charge in [-0.05, 0) is 4.74 Å². The van der Waals surface area contributed by atoms with E-state index in [1.54, 1.807) is 0 Å². The van der Waals surface area contributed by atoms with Crippen molar-refractivity contribution >= 4 is 0 Å². The van der Waals surface area contributed by atoms with Crippen molar-refractivity contribution in [1.82, 2.24) is 0 Å². The zero-order valence-electron chi connectivity index (χ0n) is 11.8. The Bertz CT molecular complexity index is 646. The molecule has 2 heteroatoms. The molecule has 1 heterocycles. The van der Waals surface area contributed by atoms with Crippen LogP contribution in [-0.2, 0) is 0 Å². The molecular formula is C18H18NO+. The van der Waals surface area contributed by atoms with Crippen molar-refractivity contribution in [3.8, 4) is 0 Å². The van der Waals surface area contributed by atoms with Crippen LogP contribution in [0.1, 0.15) is 28.6 Å². The van der Waals surface area contributed by atoms with Crippen LogP contribution in [0.2, 0.25) is 0 Å². The highest BCUT2D eigenvalue weighted by molar-refractivity contribution is 5.29. The monoisotopic (exact) mass is 264 g/mol. The predicted octanol–water partition coefficient (Wildman–Crippen LogP) is 3.82. The molecule has 0 fully saturated rings. The van der Waals surface area contributed by atoms with Crippen molar-refractivity contribution in [3.63, 3.8) is 0 Å². The quantitative estimate of drug-likeness (QED) is 0.657. The van der Waals surface area contributed by atoms with Gasteiger partial charge in [0.15, 0.2) is 5.76 Å². The molecule has 3 aromatic rings. The first-order valence-electron chi connectivity index (χ1n) is 6.84. The Morgan fingerprint density at radius 3 is 1.70 bits per heavy atom. The molecule has 0 atom stereocenters. The summed E-state index contributed by atoms with van der Waals surface area (Å²) in [4.78, 5) is 0. The van der Waals surface area contributed by atoms with E-state index in [-0.39, 0.29) is 6.04 Å². The van der Waals surface area contributed by atoms with Crippen LogP contribution in [0.15, 0.2) is 71.3 Å². The van der Waals surface area contributed by atoms with Crippen LogP contribution in [0, 0.1) is 13.8 Å². The van der Waals surface area contributed by atoms with Gasteiger partial charge in [0.2, 0.25) is 5.69 Å². The minimum absolute atomic E-state index is 0.0751. The lowest BCUT2D eigenvalue weighted by molar-refractivity contribution is -0.874. The van der Waals surface area contributed by atoms with Gasteiger partial charge in [0.25, 0.3) is 6.04 Å². The van der Waals surface area contributed by atoms with Gasteiger partial charge in [0.1, 0.15) is 0 Å². The second-order valence-electron chi connectivity index (χ2n) is 5.04. The highest BCUT2D eigenvalue weighted by Gasteiger charge is 2.29. The van der Waals surface area contributed by atoms with Gasteiger partial charge in [-0.3, -0.25) is 0 Å². The molecule has 0 aliphatic heterocycles. The summed E-state index contributed by atoms with van der Waals surface area (Å²) in [6, 6.07) is 23.0. The fourth-order valence-corrected chi connectivity index (χ4v) is 2.60. The van der Waals surface area contributed by atoms with E-state index in [1.807, 2.05) is 23.8 Å². The smallest absolute Gasteiger partial charge is 0.240 e. The lowest BCUT2D eigenvalue weighted by Crippen LogP contribution is -2.41. The summed E-state index contributed by atoms with van der Waals surface area (Å²) in [6.45, 7) is 4.06. The van der Waals surface area contributed by atoms with Crippen LogP contribution in [0.4, 0.5) is 0 Å². The Labute approximate surface area is 119 Å². The standard InChI is InChI=1S/C18H18NO/c1-14-13-15(2)20-19(14)18(16-9-5-3-6-10-16)17-11-7-4-8-12-17/h3-13,18H,1-2H3/q+1. The van der Waals surface area contributed by atoms with Crippen molar-refractivity contribution in [2.24, 2.45) is 0 Å². The van der Waals surface area contributed by atoms with Crippen molar-refractivity contribution in [2.75, 3.05) is 0 Å². The second-order valence-corrected chi connectivity index (χ2v) is 5.04. The van der Waals surface area contributed by atoms with Crippen LogP contribution in [-0.4, -0.2) is 0 Å². The molecule has 0 N–H and O–H groups in total. The van der Waals surface area contributed by atoms with Gasteiger partial charge in [0.05, 0.1) is 6.07 Å². The molecule has 0 saturated heterocycles. The van der Waals surface area contributed by atoms with E-state index in [4.69, 9.17) is 4.52 Å². The van der Waals surface area contributed by atoms with Gasteiger partial charge in [-0.15, -0.1) is 0 Å². The fraction of sp³-hybridized carbons (Fsp3) is 0.167. The molecular weight excluding hydrogens is 246 g/mol. The van der Waals surface area contributed by atoms with Crippen LogP contribution in [0.3, 0.4) is 0 Å². The number of nitrogens with zero attached hydrogens (tertiary/aromatic N) is 1. The summed E-state index contributed by atoms with van der Waals surface area (Å²) in [5, 5.41) is 0. The second kappa shape index (κ2) is 5.33. The molecule has 20 heavy (non-hydrogen) atoms. The summed E-state index contributed by atoms with van der Waals surface area (Å²) >= 11 is 0. The van der Waals surface area contributed by atoms with E-state index in [2.05, 4.69) is 61.5 Å². The maximum Gasteiger partial charge on any atom is 0.253 e. The third-order valence-electron chi connectivity index (χ3n) is 3.47. The lowest BCUT2D eigenvalue weighted by atomic mass is 9.99. The summed E-state index contributed by atoms with van der Waals surface area (Å²) in [5.41, 5.74) is 3.57. The molecule has 0 aliphatic rings. The van der Waals surface area contributed by atoms with E-state index in [1.165, 1.54) is 11.1 Å². The Kier molecular flexibility index (Phi) is 3.38. The van der Waals surface area contributed by atoms with Gasteiger partial charge in [0, 0.05) is 25.0 Å². The predicted molar refractivity (Wildman–Crippen MR) is 78.5 cm³/mol. The van der Waals surface area contributed by atoms with Gasteiger partial charge >= 0.3 is 0 Å². The molecule has 0 aliphatic carbocycles. The van der Waals surface area contributed by atoms with Gasteiger partial charge in [-0.2, -0.15) is 0 Å². The summed E-state index contributed by atoms with van der Waals surface area (Å²) < 4.78 is 7.89. The number of aryl methyl sites for hydroxylation is 2. The number of aromatic nitrogens is 1. The average Bonchev–Trinajstić information content (AvgIpc) is 2.80. The Morgan fingerprint density at radius 1 is 0.800 bits per heavy atom. The van der Waals surface area contributed by atoms with Gasteiger partial charge < -0.3 is 0 Å². The molecule has 0 amide bonds. The van der Waals surface area contributed by atoms with Crippen LogP contribution in [0.25, 0.3) is 0 Å². The number of hydrogen-bond donors (Lipinski definition) is 0. The average molecular weight is 264 g/mol. The number of rotatable bonds is 3. The molecule has 0 spiro atoms. The van der Waals surface area contributed by atoms with E-state index in [0.29, 0.717) is 0 Å². The van der Waals surface area contributed by atoms with Crippen LogP contribution in [0.5, 0.6) is 0 Å². The van der Waals surface area contributed by atoms with E-state index >= 15 is 0 Å².